The van der Waals surface area contributed by atoms with E-state index >= 15 is 0 Å². The van der Waals surface area contributed by atoms with Crippen molar-refractivity contribution in [1.82, 2.24) is 4.98 Å². The Morgan fingerprint density at radius 2 is 1.81 bits per heavy atom. The first kappa shape index (κ1) is 15.6. The van der Waals surface area contributed by atoms with Gasteiger partial charge in [-0.05, 0) is 37.0 Å². The van der Waals surface area contributed by atoms with Crippen LogP contribution in [-0.2, 0) is 0 Å². The van der Waals surface area contributed by atoms with Gasteiger partial charge in [-0.3, -0.25) is 4.98 Å². The predicted octanol–water partition coefficient (Wildman–Crippen LogP) is 4.47. The predicted molar refractivity (Wildman–Crippen MR) is 92.7 cm³/mol. The van der Waals surface area contributed by atoms with E-state index in [1.54, 1.807) is 0 Å². The van der Waals surface area contributed by atoms with Gasteiger partial charge in [0.15, 0.2) is 0 Å². The molecule has 0 aliphatic carbocycles. The Morgan fingerprint density at radius 3 is 2.43 bits per heavy atom. The van der Waals surface area contributed by atoms with Gasteiger partial charge in [-0.15, -0.1) is 0 Å². The largest absolute Gasteiger partial charge is 0.398 e. The number of nitrogens with zero attached hydrogens (tertiary/aromatic N) is 2. The molecule has 0 spiro atoms. The second-order valence-corrected chi connectivity index (χ2v) is 6.11. The Hall–Kier alpha value is -1.77. The minimum Gasteiger partial charge on any atom is -0.398 e. The van der Waals surface area contributed by atoms with Gasteiger partial charge in [0.2, 0.25) is 0 Å². The first-order valence-corrected chi connectivity index (χ1v) is 7.97. The van der Waals surface area contributed by atoms with Crippen molar-refractivity contribution in [3.05, 3.63) is 30.6 Å². The number of anilines is 2. The minimum atomic E-state index is 0.555. The van der Waals surface area contributed by atoms with Crippen LogP contribution >= 0.6 is 0 Å². The third-order valence-electron chi connectivity index (χ3n) is 4.08. The van der Waals surface area contributed by atoms with Crippen LogP contribution < -0.4 is 10.6 Å². The molecule has 1 heterocycles. The second kappa shape index (κ2) is 6.79. The number of fused-ring (bicyclic) bond motifs is 1. The van der Waals surface area contributed by atoms with Gasteiger partial charge in [0.25, 0.3) is 0 Å². The van der Waals surface area contributed by atoms with Gasteiger partial charge in [-0.2, -0.15) is 0 Å². The molecule has 21 heavy (non-hydrogen) atoms. The Kier molecular flexibility index (Phi) is 5.05. The zero-order chi connectivity index (χ0) is 15.4. The maximum atomic E-state index is 6.12. The Bertz CT molecular complexity index is 588. The fourth-order valence-electron chi connectivity index (χ4n) is 3.02. The lowest BCUT2D eigenvalue weighted by Crippen LogP contribution is -2.37. The third-order valence-corrected chi connectivity index (χ3v) is 4.08. The van der Waals surface area contributed by atoms with Gasteiger partial charge in [0.1, 0.15) is 0 Å². The molecule has 0 aliphatic heterocycles. The average molecular weight is 285 g/mol. The zero-order valence-corrected chi connectivity index (χ0v) is 13.6. The molecule has 0 radical (unpaired) electrons. The minimum absolute atomic E-state index is 0.555. The first-order chi connectivity index (χ1) is 10.1. The number of hydrogen-bond donors (Lipinski definition) is 1. The first-order valence-electron chi connectivity index (χ1n) is 7.97. The summed E-state index contributed by atoms with van der Waals surface area (Å²) in [5.41, 5.74) is 8.20. The summed E-state index contributed by atoms with van der Waals surface area (Å²) in [4.78, 5) is 6.84. The van der Waals surface area contributed by atoms with E-state index in [0.717, 1.165) is 35.8 Å². The topological polar surface area (TPSA) is 42.1 Å². The van der Waals surface area contributed by atoms with E-state index in [-0.39, 0.29) is 0 Å². The van der Waals surface area contributed by atoms with Gasteiger partial charge in [0.05, 0.1) is 0 Å². The molecule has 1 aromatic carbocycles. The fourth-order valence-corrected chi connectivity index (χ4v) is 3.02. The van der Waals surface area contributed by atoms with Crippen molar-refractivity contribution in [3.8, 4) is 0 Å². The lowest BCUT2D eigenvalue weighted by molar-refractivity contribution is 0.508. The van der Waals surface area contributed by atoms with Crippen LogP contribution in [0.15, 0.2) is 30.6 Å². The number of rotatable bonds is 6. The number of aromatic nitrogens is 1. The van der Waals surface area contributed by atoms with E-state index in [2.05, 4.69) is 43.6 Å². The highest BCUT2D eigenvalue weighted by Crippen LogP contribution is 2.32. The van der Waals surface area contributed by atoms with Gasteiger partial charge in [0, 0.05) is 47.1 Å². The highest BCUT2D eigenvalue weighted by molar-refractivity contribution is 6.00. The van der Waals surface area contributed by atoms with Crippen LogP contribution in [0.1, 0.15) is 40.5 Å². The summed E-state index contributed by atoms with van der Waals surface area (Å²) >= 11 is 0. The molecule has 3 heteroatoms. The Morgan fingerprint density at radius 1 is 1.10 bits per heavy atom. The number of nitrogen functional groups attached to an aromatic ring is 1. The van der Waals surface area contributed by atoms with Crippen LogP contribution in [0.2, 0.25) is 0 Å². The summed E-state index contributed by atoms with van der Waals surface area (Å²) in [6.07, 6.45) is 6.05. The van der Waals surface area contributed by atoms with E-state index < -0.39 is 0 Å². The summed E-state index contributed by atoms with van der Waals surface area (Å²) in [6, 6.07) is 6.74. The highest BCUT2D eigenvalue weighted by atomic mass is 15.2. The molecule has 2 aromatic rings. The molecule has 0 bridgehead atoms. The summed E-state index contributed by atoms with van der Waals surface area (Å²) in [7, 11) is 0. The molecule has 0 aliphatic rings. The SMILES string of the molecule is CCC(CC)N(CC(C)C)c1ccc(N)c2ccncc12. The van der Waals surface area contributed by atoms with Gasteiger partial charge >= 0.3 is 0 Å². The fraction of sp³-hybridized carbons (Fsp3) is 0.500. The van der Waals surface area contributed by atoms with Crippen LogP contribution in [0.4, 0.5) is 11.4 Å². The van der Waals surface area contributed by atoms with Gasteiger partial charge < -0.3 is 10.6 Å². The zero-order valence-electron chi connectivity index (χ0n) is 13.6. The van der Waals surface area contributed by atoms with E-state index in [0.29, 0.717) is 12.0 Å². The summed E-state index contributed by atoms with van der Waals surface area (Å²) in [5, 5.41) is 2.26. The van der Waals surface area contributed by atoms with Crippen molar-refractivity contribution < 1.29 is 0 Å². The lowest BCUT2D eigenvalue weighted by Gasteiger charge is -2.35. The van der Waals surface area contributed by atoms with Crippen LogP contribution in [0, 0.1) is 5.92 Å². The molecule has 0 saturated carbocycles. The molecule has 0 atom stereocenters. The maximum absolute atomic E-state index is 6.12. The number of benzene rings is 1. The van der Waals surface area contributed by atoms with Crippen LogP contribution in [0.25, 0.3) is 10.8 Å². The number of pyridine rings is 1. The van der Waals surface area contributed by atoms with Crippen LogP contribution in [0.3, 0.4) is 0 Å². The molecule has 114 valence electrons. The van der Waals surface area contributed by atoms with Crippen LogP contribution in [-0.4, -0.2) is 17.6 Å². The van der Waals surface area contributed by atoms with Crippen molar-refractivity contribution in [3.63, 3.8) is 0 Å². The van der Waals surface area contributed by atoms with E-state index in [4.69, 9.17) is 5.73 Å². The van der Waals surface area contributed by atoms with Crippen molar-refractivity contribution in [2.45, 2.75) is 46.6 Å². The number of hydrogen-bond acceptors (Lipinski definition) is 3. The van der Waals surface area contributed by atoms with Crippen molar-refractivity contribution in [2.24, 2.45) is 5.92 Å². The van der Waals surface area contributed by atoms with Crippen molar-refractivity contribution in [2.75, 3.05) is 17.2 Å². The van der Waals surface area contributed by atoms with Gasteiger partial charge in [-0.25, -0.2) is 0 Å². The molecule has 1 aromatic heterocycles. The quantitative estimate of drug-likeness (QED) is 0.796. The van der Waals surface area contributed by atoms with Crippen molar-refractivity contribution in [1.29, 1.82) is 0 Å². The van der Waals surface area contributed by atoms with Crippen molar-refractivity contribution >= 4 is 22.1 Å². The molecule has 2 rings (SSSR count). The summed E-state index contributed by atoms with van der Waals surface area (Å²) in [6.45, 7) is 10.1. The Balaban J connectivity index is 2.56. The average Bonchev–Trinajstić information content (AvgIpc) is 2.48. The van der Waals surface area contributed by atoms with E-state index in [1.807, 2.05) is 24.5 Å². The third kappa shape index (κ3) is 3.29. The molecule has 0 amide bonds. The van der Waals surface area contributed by atoms with E-state index in [1.165, 1.54) is 5.69 Å². The van der Waals surface area contributed by atoms with Crippen LogP contribution in [0.5, 0.6) is 0 Å². The van der Waals surface area contributed by atoms with E-state index in [9.17, 15) is 0 Å². The molecule has 0 unspecified atom stereocenters. The maximum Gasteiger partial charge on any atom is 0.0465 e. The monoisotopic (exact) mass is 285 g/mol. The molecule has 3 nitrogen and oxygen atoms in total. The standard InChI is InChI=1S/C18H27N3/c1-5-14(6-2)21(12-13(3)4)18-8-7-17(19)15-9-10-20-11-16(15)18/h7-11,13-14H,5-6,12,19H2,1-4H3. The second-order valence-electron chi connectivity index (χ2n) is 6.11. The Labute approximate surface area is 128 Å². The molecule has 2 N–H and O–H groups in total. The summed E-state index contributed by atoms with van der Waals surface area (Å²) < 4.78 is 0. The number of nitrogens with two attached hydrogens (primary N) is 1. The lowest BCUT2D eigenvalue weighted by atomic mass is 10.0. The molecular weight excluding hydrogens is 258 g/mol. The van der Waals surface area contributed by atoms with Gasteiger partial charge in [-0.1, -0.05) is 27.7 Å². The molecular formula is C18H27N3. The normalized spacial score (nSPS) is 11.5. The molecule has 0 saturated heterocycles. The highest BCUT2D eigenvalue weighted by Gasteiger charge is 2.19. The summed E-state index contributed by atoms with van der Waals surface area (Å²) in [5.74, 6) is 0.620. The smallest absolute Gasteiger partial charge is 0.0465 e. The molecule has 0 fully saturated rings.